The molecule has 0 N–H and O–H groups in total. The Balaban J connectivity index is 1.80. The van der Waals surface area contributed by atoms with Gasteiger partial charge in [-0.2, -0.15) is 0 Å². The van der Waals surface area contributed by atoms with Gasteiger partial charge in [-0.3, -0.25) is 19.3 Å². The van der Waals surface area contributed by atoms with Gasteiger partial charge >= 0.3 is 5.97 Å². The topological polar surface area (TPSA) is 63.7 Å². The Morgan fingerprint density at radius 1 is 1.11 bits per heavy atom. The molecule has 0 radical (unpaired) electrons. The molecule has 152 valence electrons. The second-order valence-corrected chi connectivity index (χ2v) is 7.49. The van der Waals surface area contributed by atoms with Crippen molar-refractivity contribution in [3.05, 3.63) is 41.0 Å². The van der Waals surface area contributed by atoms with Gasteiger partial charge < -0.3 is 4.74 Å². The number of carbonyl (C=O) groups excluding carboxylic acids is 3. The molecule has 1 heterocycles. The highest BCUT2D eigenvalue weighted by atomic mass is 16.5. The zero-order valence-electron chi connectivity index (χ0n) is 17.2. The van der Waals surface area contributed by atoms with Gasteiger partial charge in [-0.15, -0.1) is 0 Å². The molecule has 0 saturated carbocycles. The normalized spacial score (nSPS) is 15.7. The largest absolute Gasteiger partial charge is 0.466 e. The van der Waals surface area contributed by atoms with E-state index in [1.165, 1.54) is 10.5 Å². The van der Waals surface area contributed by atoms with Crippen LogP contribution in [-0.4, -0.2) is 35.8 Å². The average molecular weight is 386 g/mol. The minimum Gasteiger partial charge on any atom is -0.466 e. The number of benzene rings is 1. The van der Waals surface area contributed by atoms with Crippen LogP contribution in [0.4, 0.5) is 0 Å². The molecule has 28 heavy (non-hydrogen) atoms. The molecule has 1 fully saturated rings. The van der Waals surface area contributed by atoms with Gasteiger partial charge in [-0.05, 0) is 42.9 Å². The molecule has 0 aromatic heterocycles. The molecular formula is C23H31NO4. The average Bonchev–Trinajstić information content (AvgIpc) is 2.92. The quantitative estimate of drug-likeness (QED) is 0.258. The van der Waals surface area contributed by atoms with Crippen LogP contribution in [0.5, 0.6) is 0 Å². The van der Waals surface area contributed by atoms with Gasteiger partial charge in [0, 0.05) is 18.5 Å². The zero-order chi connectivity index (χ0) is 20.5. The summed E-state index contributed by atoms with van der Waals surface area (Å²) in [6.45, 7) is 6.94. The molecular weight excluding hydrogens is 354 g/mol. The van der Waals surface area contributed by atoms with Crippen molar-refractivity contribution >= 4 is 23.9 Å². The molecule has 1 aromatic rings. The fraction of sp³-hybridized carbons (Fsp3) is 0.522. The summed E-state index contributed by atoms with van der Waals surface area (Å²) in [4.78, 5) is 37.4. The SMILES string of the molecule is CCOC(=O)CCCCCCN1C(=O)C/C(=C\c2ccc(C(C)C)cc2)C1=O. The van der Waals surface area contributed by atoms with Gasteiger partial charge in [-0.25, -0.2) is 0 Å². The van der Waals surface area contributed by atoms with Crippen LogP contribution in [-0.2, 0) is 19.1 Å². The summed E-state index contributed by atoms with van der Waals surface area (Å²) in [5.74, 6) is -0.00110. The predicted molar refractivity (Wildman–Crippen MR) is 110 cm³/mol. The van der Waals surface area contributed by atoms with Gasteiger partial charge in [0.2, 0.25) is 5.91 Å². The number of hydrogen-bond donors (Lipinski definition) is 0. The Morgan fingerprint density at radius 3 is 2.43 bits per heavy atom. The first kappa shape index (κ1) is 21.9. The van der Waals surface area contributed by atoms with E-state index in [0.29, 0.717) is 31.1 Å². The number of nitrogens with zero attached hydrogens (tertiary/aromatic N) is 1. The molecule has 0 spiro atoms. The summed E-state index contributed by atoms with van der Waals surface area (Å²) < 4.78 is 4.89. The summed E-state index contributed by atoms with van der Waals surface area (Å²) in [7, 11) is 0. The van der Waals surface area contributed by atoms with Crippen LogP contribution in [0.15, 0.2) is 29.8 Å². The van der Waals surface area contributed by atoms with E-state index in [4.69, 9.17) is 4.74 Å². The highest BCUT2D eigenvalue weighted by Crippen LogP contribution is 2.23. The lowest BCUT2D eigenvalue weighted by Crippen LogP contribution is -2.30. The minimum absolute atomic E-state index is 0.124. The second-order valence-electron chi connectivity index (χ2n) is 7.49. The molecule has 0 atom stereocenters. The number of esters is 1. The van der Waals surface area contributed by atoms with Gasteiger partial charge in [0.1, 0.15) is 0 Å². The van der Waals surface area contributed by atoms with Crippen LogP contribution in [0, 0.1) is 0 Å². The Hall–Kier alpha value is -2.43. The zero-order valence-corrected chi connectivity index (χ0v) is 17.2. The third-order valence-electron chi connectivity index (χ3n) is 4.92. The summed E-state index contributed by atoms with van der Waals surface area (Å²) in [5.41, 5.74) is 2.76. The lowest BCUT2D eigenvalue weighted by Gasteiger charge is -2.13. The highest BCUT2D eigenvalue weighted by Gasteiger charge is 2.33. The van der Waals surface area contributed by atoms with Crippen molar-refractivity contribution in [1.82, 2.24) is 4.90 Å². The Labute approximate surface area is 167 Å². The molecule has 5 nitrogen and oxygen atoms in total. The van der Waals surface area contributed by atoms with Crippen molar-refractivity contribution < 1.29 is 19.1 Å². The van der Waals surface area contributed by atoms with Crippen LogP contribution in [0.1, 0.15) is 76.3 Å². The van der Waals surface area contributed by atoms with E-state index in [1.807, 2.05) is 18.2 Å². The maximum Gasteiger partial charge on any atom is 0.305 e. The van der Waals surface area contributed by atoms with Gasteiger partial charge in [0.15, 0.2) is 0 Å². The van der Waals surface area contributed by atoms with Crippen molar-refractivity contribution in [2.24, 2.45) is 0 Å². The third-order valence-corrected chi connectivity index (χ3v) is 4.92. The molecule has 1 saturated heterocycles. The summed E-state index contributed by atoms with van der Waals surface area (Å²) in [6, 6.07) is 8.11. The number of carbonyl (C=O) groups is 3. The molecule has 0 aliphatic carbocycles. The maximum absolute atomic E-state index is 12.6. The van der Waals surface area contributed by atoms with Crippen molar-refractivity contribution in [3.63, 3.8) is 0 Å². The van der Waals surface area contributed by atoms with E-state index in [2.05, 4.69) is 26.0 Å². The number of rotatable bonds is 10. The Bertz CT molecular complexity index is 719. The Kier molecular flexibility index (Phi) is 8.42. The molecule has 2 rings (SSSR count). The van der Waals surface area contributed by atoms with Gasteiger partial charge in [0.05, 0.1) is 13.0 Å². The van der Waals surface area contributed by atoms with E-state index in [0.717, 1.165) is 31.2 Å². The predicted octanol–water partition coefficient (Wildman–Crippen LogP) is 4.47. The van der Waals surface area contributed by atoms with Crippen LogP contribution >= 0.6 is 0 Å². The smallest absolute Gasteiger partial charge is 0.305 e. The Morgan fingerprint density at radius 2 is 1.79 bits per heavy atom. The lowest BCUT2D eigenvalue weighted by atomic mass is 10.0. The highest BCUT2D eigenvalue weighted by molar-refractivity contribution is 6.15. The number of unbranched alkanes of at least 4 members (excludes halogenated alkanes) is 3. The van der Waals surface area contributed by atoms with E-state index in [-0.39, 0.29) is 24.2 Å². The monoisotopic (exact) mass is 385 g/mol. The van der Waals surface area contributed by atoms with E-state index in [9.17, 15) is 14.4 Å². The minimum atomic E-state index is -0.176. The van der Waals surface area contributed by atoms with Crippen LogP contribution in [0.2, 0.25) is 0 Å². The molecule has 1 aromatic carbocycles. The molecule has 0 unspecified atom stereocenters. The van der Waals surface area contributed by atoms with E-state index in [1.54, 1.807) is 6.92 Å². The van der Waals surface area contributed by atoms with Crippen LogP contribution < -0.4 is 0 Å². The molecule has 5 heteroatoms. The fourth-order valence-electron chi connectivity index (χ4n) is 3.26. The van der Waals surface area contributed by atoms with E-state index >= 15 is 0 Å². The molecule has 0 bridgehead atoms. The summed E-state index contributed by atoms with van der Waals surface area (Å²) in [6.07, 6.45) is 5.73. The third kappa shape index (κ3) is 6.32. The number of hydrogen-bond acceptors (Lipinski definition) is 4. The van der Waals surface area contributed by atoms with E-state index < -0.39 is 0 Å². The number of likely N-dealkylation sites (tertiary alicyclic amines) is 1. The first-order chi connectivity index (χ1) is 13.4. The van der Waals surface area contributed by atoms with Crippen molar-refractivity contribution in [1.29, 1.82) is 0 Å². The molecule has 1 aliphatic rings. The molecule has 1 aliphatic heterocycles. The standard InChI is InChI=1S/C23H31NO4/c1-4-28-22(26)9-7-5-6-8-14-24-21(25)16-20(23(24)27)15-18-10-12-19(13-11-18)17(2)3/h10-13,15,17H,4-9,14,16H2,1-3H3/b20-15+. The first-order valence-electron chi connectivity index (χ1n) is 10.2. The second kappa shape index (κ2) is 10.8. The maximum atomic E-state index is 12.6. The number of ether oxygens (including phenoxy) is 1. The number of amides is 2. The number of imide groups is 1. The first-order valence-corrected chi connectivity index (χ1v) is 10.2. The summed E-state index contributed by atoms with van der Waals surface area (Å²) in [5, 5.41) is 0. The van der Waals surface area contributed by atoms with Gasteiger partial charge in [0.25, 0.3) is 5.91 Å². The van der Waals surface area contributed by atoms with Crippen LogP contribution in [0.25, 0.3) is 6.08 Å². The van der Waals surface area contributed by atoms with Crippen molar-refractivity contribution in [2.75, 3.05) is 13.2 Å². The van der Waals surface area contributed by atoms with Crippen LogP contribution in [0.3, 0.4) is 0 Å². The summed E-state index contributed by atoms with van der Waals surface area (Å²) >= 11 is 0. The molecule has 2 amide bonds. The van der Waals surface area contributed by atoms with Gasteiger partial charge in [-0.1, -0.05) is 51.0 Å². The van der Waals surface area contributed by atoms with Crippen molar-refractivity contribution in [2.45, 2.75) is 65.2 Å². The lowest BCUT2D eigenvalue weighted by molar-refractivity contribution is -0.143. The fourth-order valence-corrected chi connectivity index (χ4v) is 3.26. The van der Waals surface area contributed by atoms with Crippen molar-refractivity contribution in [3.8, 4) is 0 Å².